The molecule has 1 N–H and O–H groups in total. The Morgan fingerprint density at radius 1 is 1.45 bits per heavy atom. The summed E-state index contributed by atoms with van der Waals surface area (Å²) in [6.45, 7) is 3.11. The number of amides is 1. The van der Waals surface area contributed by atoms with Crippen LogP contribution in [0.3, 0.4) is 0 Å². The number of hydrogen-bond acceptors (Lipinski definition) is 5. The molecule has 120 valence electrons. The molecule has 6 heteroatoms. The highest BCUT2D eigenvalue weighted by Gasteiger charge is 2.42. The van der Waals surface area contributed by atoms with Crippen LogP contribution >= 0.6 is 0 Å². The maximum Gasteiger partial charge on any atom is 0.267 e. The highest BCUT2D eigenvalue weighted by atomic mass is 16.7. The van der Waals surface area contributed by atoms with Crippen LogP contribution in [-0.2, 0) is 9.63 Å². The average molecular weight is 305 g/mol. The second-order valence-electron chi connectivity index (χ2n) is 5.80. The van der Waals surface area contributed by atoms with Crippen LogP contribution in [0.5, 0.6) is 5.75 Å². The molecule has 1 heterocycles. The van der Waals surface area contributed by atoms with Gasteiger partial charge in [0.05, 0.1) is 12.8 Å². The fourth-order valence-corrected chi connectivity index (χ4v) is 2.27. The fourth-order valence-electron chi connectivity index (χ4n) is 2.27. The summed E-state index contributed by atoms with van der Waals surface area (Å²) in [6.07, 6.45) is 0.418. The molecule has 2 rings (SSSR count). The summed E-state index contributed by atoms with van der Waals surface area (Å²) in [5.74, 6) is 0.574. The van der Waals surface area contributed by atoms with Crippen LogP contribution in [0.25, 0.3) is 0 Å². The number of likely N-dealkylation sites (N-methyl/N-ethyl adjacent to an activating group) is 1. The number of nitrogens with zero attached hydrogens (tertiary/aromatic N) is 2. The van der Waals surface area contributed by atoms with E-state index in [0.717, 1.165) is 23.6 Å². The van der Waals surface area contributed by atoms with Crippen molar-refractivity contribution in [1.82, 2.24) is 10.2 Å². The van der Waals surface area contributed by atoms with Gasteiger partial charge in [-0.05, 0) is 33.2 Å². The lowest BCUT2D eigenvalue weighted by Gasteiger charge is -2.21. The van der Waals surface area contributed by atoms with Crippen molar-refractivity contribution in [3.8, 4) is 5.75 Å². The maximum absolute atomic E-state index is 12.3. The number of ether oxygens (including phenoxy) is 1. The molecule has 1 aromatic rings. The number of carbonyl (C=O) groups excluding carboxylic acids is 1. The van der Waals surface area contributed by atoms with Crippen LogP contribution in [0.1, 0.15) is 18.9 Å². The van der Waals surface area contributed by atoms with Gasteiger partial charge in [-0.2, -0.15) is 0 Å². The van der Waals surface area contributed by atoms with Crippen LogP contribution in [0.4, 0.5) is 0 Å². The van der Waals surface area contributed by atoms with E-state index in [1.165, 1.54) is 0 Å². The van der Waals surface area contributed by atoms with Crippen molar-refractivity contribution in [2.24, 2.45) is 5.16 Å². The summed E-state index contributed by atoms with van der Waals surface area (Å²) in [7, 11) is 5.54. The number of benzene rings is 1. The lowest BCUT2D eigenvalue weighted by molar-refractivity contribution is -0.141. The van der Waals surface area contributed by atoms with E-state index in [9.17, 15) is 4.79 Å². The minimum Gasteiger partial charge on any atom is -0.496 e. The molecule has 22 heavy (non-hydrogen) atoms. The minimum atomic E-state index is -0.970. The zero-order valence-electron chi connectivity index (χ0n) is 13.5. The quantitative estimate of drug-likeness (QED) is 0.859. The van der Waals surface area contributed by atoms with Crippen molar-refractivity contribution >= 4 is 11.6 Å². The maximum atomic E-state index is 12.3. The molecule has 0 aromatic heterocycles. The number of carbonyl (C=O) groups is 1. The van der Waals surface area contributed by atoms with Crippen molar-refractivity contribution in [1.29, 1.82) is 0 Å². The highest BCUT2D eigenvalue weighted by molar-refractivity contribution is 6.07. The molecule has 0 aliphatic carbocycles. The largest absolute Gasteiger partial charge is 0.496 e. The first-order valence-corrected chi connectivity index (χ1v) is 7.28. The van der Waals surface area contributed by atoms with Gasteiger partial charge in [0.1, 0.15) is 5.75 Å². The third-order valence-corrected chi connectivity index (χ3v) is 3.60. The van der Waals surface area contributed by atoms with E-state index >= 15 is 0 Å². The normalized spacial score (nSPS) is 20.5. The van der Waals surface area contributed by atoms with E-state index < -0.39 is 5.60 Å². The highest BCUT2D eigenvalue weighted by Crippen LogP contribution is 2.30. The second-order valence-corrected chi connectivity index (χ2v) is 5.80. The van der Waals surface area contributed by atoms with Crippen LogP contribution in [-0.4, -0.2) is 56.4 Å². The molecule has 6 nitrogen and oxygen atoms in total. The van der Waals surface area contributed by atoms with E-state index in [-0.39, 0.29) is 5.91 Å². The topological polar surface area (TPSA) is 63.2 Å². The fraction of sp³-hybridized carbons (Fsp3) is 0.500. The molecule has 0 saturated heterocycles. The SMILES string of the molecule is COc1ccccc1C1=NO[C@@](C)(C(=O)NCCN(C)C)C1. The third kappa shape index (κ3) is 3.57. The van der Waals surface area contributed by atoms with E-state index in [2.05, 4.69) is 10.5 Å². The first-order valence-electron chi connectivity index (χ1n) is 7.28. The molecule has 0 saturated carbocycles. The Kier molecular flexibility index (Phi) is 5.03. The summed E-state index contributed by atoms with van der Waals surface area (Å²) in [5.41, 5.74) is 0.611. The van der Waals surface area contributed by atoms with Gasteiger partial charge in [-0.1, -0.05) is 17.3 Å². The van der Waals surface area contributed by atoms with Gasteiger partial charge in [-0.15, -0.1) is 0 Å². The van der Waals surface area contributed by atoms with Gasteiger partial charge in [0.2, 0.25) is 5.60 Å². The van der Waals surface area contributed by atoms with Crippen molar-refractivity contribution in [2.75, 3.05) is 34.3 Å². The summed E-state index contributed by atoms with van der Waals surface area (Å²) in [6, 6.07) is 7.58. The van der Waals surface area contributed by atoms with Gasteiger partial charge in [-0.25, -0.2) is 0 Å². The molecule has 0 fully saturated rings. The zero-order chi connectivity index (χ0) is 16.2. The molecular weight excluding hydrogens is 282 g/mol. The summed E-state index contributed by atoms with van der Waals surface area (Å²) in [4.78, 5) is 19.8. The third-order valence-electron chi connectivity index (χ3n) is 3.60. The first-order chi connectivity index (χ1) is 10.5. The molecule has 1 aliphatic rings. The first kappa shape index (κ1) is 16.3. The summed E-state index contributed by atoms with van der Waals surface area (Å²) >= 11 is 0. The predicted octanol–water partition coefficient (Wildman–Crippen LogP) is 1.26. The monoisotopic (exact) mass is 305 g/mol. The minimum absolute atomic E-state index is 0.150. The van der Waals surface area contributed by atoms with Gasteiger partial charge >= 0.3 is 0 Å². The summed E-state index contributed by atoms with van der Waals surface area (Å²) in [5, 5.41) is 6.98. The number of nitrogens with one attached hydrogen (secondary N) is 1. The molecule has 0 radical (unpaired) electrons. The Bertz CT molecular complexity index is 572. The molecule has 1 aliphatic heterocycles. The number of hydrogen-bond donors (Lipinski definition) is 1. The van der Waals surface area contributed by atoms with Crippen LogP contribution < -0.4 is 10.1 Å². The van der Waals surface area contributed by atoms with Gasteiger partial charge in [0.25, 0.3) is 5.91 Å². The number of methoxy groups -OCH3 is 1. The molecule has 1 aromatic carbocycles. The molecule has 1 atom stereocenters. The standard InChI is InChI=1S/C16H23N3O3/c1-16(15(20)17-9-10-19(2)3)11-13(18-22-16)12-7-5-6-8-14(12)21-4/h5-8H,9-11H2,1-4H3,(H,17,20)/t16-/m1/s1. The van der Waals surface area contributed by atoms with Crippen molar-refractivity contribution in [2.45, 2.75) is 18.9 Å². The average Bonchev–Trinajstić information content (AvgIpc) is 2.90. The Labute approximate surface area is 131 Å². The number of rotatable bonds is 6. The Balaban J connectivity index is 2.02. The lowest BCUT2D eigenvalue weighted by Crippen LogP contribution is -2.46. The molecule has 1 amide bonds. The second kappa shape index (κ2) is 6.79. The Morgan fingerprint density at radius 3 is 2.86 bits per heavy atom. The smallest absolute Gasteiger partial charge is 0.267 e. The molecular formula is C16H23N3O3. The van der Waals surface area contributed by atoms with Crippen molar-refractivity contribution < 1.29 is 14.4 Å². The van der Waals surface area contributed by atoms with Crippen molar-refractivity contribution in [3.63, 3.8) is 0 Å². The zero-order valence-corrected chi connectivity index (χ0v) is 13.5. The summed E-state index contributed by atoms with van der Waals surface area (Å²) < 4.78 is 5.34. The number of oxime groups is 1. The van der Waals surface area contributed by atoms with Gasteiger partial charge in [0, 0.05) is 25.1 Å². The van der Waals surface area contributed by atoms with Gasteiger partial charge in [-0.3, -0.25) is 4.79 Å². The molecule has 0 unspecified atom stereocenters. The van der Waals surface area contributed by atoms with Gasteiger partial charge < -0.3 is 19.8 Å². The molecule has 0 spiro atoms. The van der Waals surface area contributed by atoms with Crippen LogP contribution in [0, 0.1) is 0 Å². The Morgan fingerprint density at radius 2 is 2.18 bits per heavy atom. The molecule has 0 bridgehead atoms. The lowest BCUT2D eigenvalue weighted by atomic mass is 9.94. The van der Waals surface area contributed by atoms with E-state index in [1.54, 1.807) is 14.0 Å². The van der Waals surface area contributed by atoms with Crippen LogP contribution in [0.15, 0.2) is 29.4 Å². The van der Waals surface area contributed by atoms with E-state index in [1.807, 2.05) is 43.3 Å². The predicted molar refractivity (Wildman–Crippen MR) is 85.2 cm³/mol. The van der Waals surface area contributed by atoms with E-state index in [0.29, 0.717) is 13.0 Å². The van der Waals surface area contributed by atoms with Crippen LogP contribution in [0.2, 0.25) is 0 Å². The Hall–Kier alpha value is -2.08. The van der Waals surface area contributed by atoms with Crippen molar-refractivity contribution in [3.05, 3.63) is 29.8 Å². The van der Waals surface area contributed by atoms with E-state index in [4.69, 9.17) is 9.57 Å². The number of para-hydroxylation sites is 1. The van der Waals surface area contributed by atoms with Gasteiger partial charge in [0.15, 0.2) is 0 Å².